The molecule has 5 nitrogen and oxygen atoms in total. The molecule has 0 fully saturated rings. The lowest BCUT2D eigenvalue weighted by Crippen LogP contribution is -2.23. The minimum absolute atomic E-state index is 0.152. The Morgan fingerprint density at radius 3 is 2.52 bits per heavy atom. The molecule has 0 aliphatic rings. The second-order valence-corrected chi connectivity index (χ2v) is 6.76. The van der Waals surface area contributed by atoms with E-state index in [-0.39, 0.29) is 5.56 Å². The van der Waals surface area contributed by atoms with Gasteiger partial charge in [-0.3, -0.25) is 9.78 Å². The monoisotopic (exact) mass is 384 g/mol. The van der Waals surface area contributed by atoms with Gasteiger partial charge in [-0.05, 0) is 35.9 Å². The molecule has 0 saturated carbocycles. The van der Waals surface area contributed by atoms with Crippen molar-refractivity contribution >= 4 is 38.3 Å². The molecular formula is C16H9BrN4OS. The van der Waals surface area contributed by atoms with E-state index < -0.39 is 0 Å². The summed E-state index contributed by atoms with van der Waals surface area (Å²) in [5.74, 6) is 0.533. The molecule has 0 aliphatic carbocycles. The minimum Gasteiger partial charge on any atom is -0.266 e. The predicted molar refractivity (Wildman–Crippen MR) is 93.3 cm³/mol. The highest BCUT2D eigenvalue weighted by Crippen LogP contribution is 2.15. The van der Waals surface area contributed by atoms with Crippen LogP contribution in [0.3, 0.4) is 0 Å². The third kappa shape index (κ3) is 2.69. The summed E-state index contributed by atoms with van der Waals surface area (Å²) in [6.07, 6.45) is 5.20. The van der Waals surface area contributed by atoms with Crippen molar-refractivity contribution in [1.82, 2.24) is 19.6 Å². The number of hydrogen-bond donors (Lipinski definition) is 0. The van der Waals surface area contributed by atoms with Gasteiger partial charge in [0.25, 0.3) is 5.56 Å². The Labute approximate surface area is 143 Å². The van der Waals surface area contributed by atoms with Gasteiger partial charge in [-0.25, -0.2) is 0 Å². The molecular weight excluding hydrogens is 376 g/mol. The van der Waals surface area contributed by atoms with Crippen molar-refractivity contribution in [3.05, 3.63) is 73.7 Å². The summed E-state index contributed by atoms with van der Waals surface area (Å²) < 4.78 is 2.97. The van der Waals surface area contributed by atoms with Crippen molar-refractivity contribution in [2.75, 3.05) is 0 Å². The first-order valence-electron chi connectivity index (χ1n) is 6.78. The Morgan fingerprint density at radius 1 is 1.09 bits per heavy atom. The van der Waals surface area contributed by atoms with Crippen molar-refractivity contribution in [2.45, 2.75) is 0 Å². The van der Waals surface area contributed by atoms with Crippen LogP contribution in [0.2, 0.25) is 0 Å². The average Bonchev–Trinajstić information content (AvgIpc) is 3.11. The van der Waals surface area contributed by atoms with Gasteiger partial charge in [0.15, 0.2) is 5.82 Å². The maximum Gasteiger partial charge on any atom is 0.291 e. The van der Waals surface area contributed by atoms with Crippen LogP contribution in [0.5, 0.6) is 0 Å². The zero-order chi connectivity index (χ0) is 15.8. The predicted octanol–water partition coefficient (Wildman–Crippen LogP) is 2.52. The average molecular weight is 385 g/mol. The van der Waals surface area contributed by atoms with E-state index in [2.05, 4.69) is 31.0 Å². The van der Waals surface area contributed by atoms with Crippen LogP contribution in [0.25, 0.3) is 22.4 Å². The van der Waals surface area contributed by atoms with E-state index in [0.717, 1.165) is 15.6 Å². The minimum atomic E-state index is -0.152. The van der Waals surface area contributed by atoms with Crippen molar-refractivity contribution in [2.24, 2.45) is 0 Å². The summed E-state index contributed by atoms with van der Waals surface area (Å²) >= 11 is 4.73. The van der Waals surface area contributed by atoms with Crippen molar-refractivity contribution in [3.63, 3.8) is 0 Å². The maximum absolute atomic E-state index is 12.5. The second kappa shape index (κ2) is 5.68. The fourth-order valence-electron chi connectivity index (χ4n) is 2.17. The fraction of sp³-hybridized carbons (Fsp3) is 0. The lowest BCUT2D eigenvalue weighted by molar-refractivity contribution is 0.936. The topological polar surface area (TPSA) is 60.2 Å². The third-order valence-corrected chi connectivity index (χ3v) is 4.78. The second-order valence-electron chi connectivity index (χ2n) is 4.83. The van der Waals surface area contributed by atoms with E-state index in [1.807, 2.05) is 42.5 Å². The van der Waals surface area contributed by atoms with Crippen LogP contribution in [0.4, 0.5) is 0 Å². The smallest absolute Gasteiger partial charge is 0.266 e. The Kier molecular flexibility index (Phi) is 3.51. The Hall–Kier alpha value is -2.38. The first-order valence-corrected chi connectivity index (χ1v) is 8.39. The number of fused-ring (bicyclic) bond motifs is 1. The lowest BCUT2D eigenvalue weighted by atomic mass is 10.2. The molecule has 1 aromatic carbocycles. The van der Waals surface area contributed by atoms with Crippen LogP contribution in [-0.2, 0) is 0 Å². The van der Waals surface area contributed by atoms with Gasteiger partial charge in [0.1, 0.15) is 0 Å². The summed E-state index contributed by atoms with van der Waals surface area (Å²) in [4.78, 5) is 21.5. The van der Waals surface area contributed by atoms with E-state index in [4.69, 9.17) is 0 Å². The third-order valence-electron chi connectivity index (χ3n) is 3.29. The van der Waals surface area contributed by atoms with E-state index in [0.29, 0.717) is 15.3 Å². The van der Waals surface area contributed by atoms with Gasteiger partial charge in [-0.2, -0.15) is 9.50 Å². The first kappa shape index (κ1) is 14.2. The van der Waals surface area contributed by atoms with Crippen LogP contribution in [0.15, 0.2) is 58.1 Å². The molecule has 4 rings (SSSR count). The molecule has 112 valence electrons. The number of thiazole rings is 1. The van der Waals surface area contributed by atoms with E-state index >= 15 is 0 Å². The van der Waals surface area contributed by atoms with Gasteiger partial charge >= 0.3 is 0 Å². The maximum atomic E-state index is 12.5. The van der Waals surface area contributed by atoms with E-state index in [1.54, 1.807) is 12.4 Å². The van der Waals surface area contributed by atoms with Crippen LogP contribution in [0, 0.1) is 0 Å². The number of rotatable bonds is 2. The van der Waals surface area contributed by atoms with Gasteiger partial charge < -0.3 is 0 Å². The van der Waals surface area contributed by atoms with E-state index in [1.165, 1.54) is 15.9 Å². The molecule has 3 heterocycles. The zero-order valence-corrected chi connectivity index (χ0v) is 14.1. The highest BCUT2D eigenvalue weighted by molar-refractivity contribution is 9.10. The quantitative estimate of drug-likeness (QED) is 0.532. The Bertz CT molecular complexity index is 1090. The molecule has 3 aromatic heterocycles. The summed E-state index contributed by atoms with van der Waals surface area (Å²) in [6.45, 7) is 0. The number of aromatic nitrogens is 4. The summed E-state index contributed by atoms with van der Waals surface area (Å²) in [5.41, 5.74) is 1.65. The molecule has 0 unspecified atom stereocenters. The van der Waals surface area contributed by atoms with Crippen LogP contribution in [0.1, 0.15) is 5.56 Å². The standard InChI is InChI=1S/C16H9BrN4OS/c17-12-3-1-10(2-4-12)9-13-15(22)21-16(23-13)19-14(20-21)11-5-7-18-8-6-11/h1-9H. The van der Waals surface area contributed by atoms with Gasteiger partial charge in [-0.1, -0.05) is 39.4 Å². The zero-order valence-electron chi connectivity index (χ0n) is 11.7. The van der Waals surface area contributed by atoms with Gasteiger partial charge in [0, 0.05) is 22.4 Å². The normalized spacial score (nSPS) is 12.1. The van der Waals surface area contributed by atoms with E-state index in [9.17, 15) is 4.79 Å². The van der Waals surface area contributed by atoms with Gasteiger partial charge in [-0.15, -0.1) is 5.10 Å². The van der Waals surface area contributed by atoms with Crippen molar-refractivity contribution in [1.29, 1.82) is 0 Å². The van der Waals surface area contributed by atoms with Gasteiger partial charge in [0.2, 0.25) is 4.96 Å². The fourth-order valence-corrected chi connectivity index (χ4v) is 3.34. The number of nitrogens with zero attached hydrogens (tertiary/aromatic N) is 4. The molecule has 0 bridgehead atoms. The highest BCUT2D eigenvalue weighted by atomic mass is 79.9. The number of halogens is 1. The Balaban J connectivity index is 1.82. The number of hydrogen-bond acceptors (Lipinski definition) is 5. The molecule has 0 atom stereocenters. The van der Waals surface area contributed by atoms with Gasteiger partial charge in [0.05, 0.1) is 4.53 Å². The molecule has 23 heavy (non-hydrogen) atoms. The number of pyridine rings is 1. The molecule has 0 saturated heterocycles. The molecule has 4 aromatic rings. The molecule has 0 radical (unpaired) electrons. The molecule has 7 heteroatoms. The molecule has 0 amide bonds. The van der Waals surface area contributed by atoms with Crippen LogP contribution >= 0.6 is 27.3 Å². The number of benzene rings is 1. The largest absolute Gasteiger partial charge is 0.291 e. The first-order chi connectivity index (χ1) is 11.2. The SMILES string of the molecule is O=c1c(=Cc2ccc(Br)cc2)sc2nc(-c3ccncc3)nn12. The molecule has 0 spiro atoms. The molecule has 0 aliphatic heterocycles. The highest BCUT2D eigenvalue weighted by Gasteiger charge is 2.11. The summed E-state index contributed by atoms with van der Waals surface area (Å²) in [6, 6.07) is 11.4. The summed E-state index contributed by atoms with van der Waals surface area (Å²) in [5, 5.41) is 4.31. The Morgan fingerprint density at radius 2 is 1.83 bits per heavy atom. The summed E-state index contributed by atoms with van der Waals surface area (Å²) in [7, 11) is 0. The van der Waals surface area contributed by atoms with Crippen molar-refractivity contribution < 1.29 is 0 Å². The van der Waals surface area contributed by atoms with Crippen molar-refractivity contribution in [3.8, 4) is 11.4 Å². The van der Waals surface area contributed by atoms with Crippen LogP contribution in [-0.4, -0.2) is 19.6 Å². The molecule has 0 N–H and O–H groups in total. The lowest BCUT2D eigenvalue weighted by Gasteiger charge is -1.92. The van der Waals surface area contributed by atoms with Crippen LogP contribution < -0.4 is 10.1 Å².